The predicted molar refractivity (Wildman–Crippen MR) is 40.0 cm³/mol. The molecular formula is C8H6OS. The van der Waals surface area contributed by atoms with Gasteiger partial charge >= 0.3 is 0 Å². The highest BCUT2D eigenvalue weighted by Gasteiger charge is 2.33. The molecule has 10 heavy (non-hydrogen) atoms. The SMILES string of the molecule is C1=C[C@H]2O[C@@H]1c1cscc12. The van der Waals surface area contributed by atoms with E-state index in [4.69, 9.17) is 4.74 Å². The van der Waals surface area contributed by atoms with Crippen LogP contribution in [0, 0.1) is 0 Å². The second-order valence-corrected chi connectivity index (χ2v) is 3.39. The molecular weight excluding hydrogens is 144 g/mol. The molecule has 0 saturated heterocycles. The summed E-state index contributed by atoms with van der Waals surface area (Å²) in [6.45, 7) is 0. The van der Waals surface area contributed by atoms with Crippen LogP contribution in [-0.4, -0.2) is 0 Å². The highest BCUT2D eigenvalue weighted by atomic mass is 32.1. The first-order chi connectivity index (χ1) is 4.95. The summed E-state index contributed by atoms with van der Waals surface area (Å²) in [4.78, 5) is 0. The molecule has 0 N–H and O–H groups in total. The molecule has 1 aromatic heterocycles. The summed E-state index contributed by atoms with van der Waals surface area (Å²) >= 11 is 1.77. The molecule has 2 bridgehead atoms. The Labute approximate surface area is 62.9 Å². The van der Waals surface area contributed by atoms with E-state index >= 15 is 0 Å². The smallest absolute Gasteiger partial charge is 0.103 e. The molecule has 0 fully saturated rings. The number of fused-ring (bicyclic) bond motifs is 5. The molecule has 3 heterocycles. The van der Waals surface area contributed by atoms with Crippen molar-refractivity contribution in [2.24, 2.45) is 0 Å². The van der Waals surface area contributed by atoms with Crippen LogP contribution in [0.25, 0.3) is 0 Å². The summed E-state index contributed by atoms with van der Waals surface area (Å²) in [6, 6.07) is 0. The van der Waals surface area contributed by atoms with Gasteiger partial charge in [-0.1, -0.05) is 12.2 Å². The summed E-state index contributed by atoms with van der Waals surface area (Å²) in [5, 5.41) is 4.37. The summed E-state index contributed by atoms with van der Waals surface area (Å²) in [5.74, 6) is 0. The number of hydrogen-bond acceptors (Lipinski definition) is 2. The van der Waals surface area contributed by atoms with Gasteiger partial charge in [-0.05, 0) is 10.8 Å². The molecule has 2 aliphatic heterocycles. The second-order valence-electron chi connectivity index (χ2n) is 2.64. The van der Waals surface area contributed by atoms with Crippen LogP contribution in [0.2, 0.25) is 0 Å². The van der Waals surface area contributed by atoms with Gasteiger partial charge in [0.15, 0.2) is 0 Å². The van der Waals surface area contributed by atoms with Gasteiger partial charge in [0.25, 0.3) is 0 Å². The molecule has 0 amide bonds. The predicted octanol–water partition coefficient (Wildman–Crippen LogP) is 2.43. The van der Waals surface area contributed by atoms with E-state index in [1.54, 1.807) is 11.3 Å². The lowest BCUT2D eigenvalue weighted by atomic mass is 10.0. The molecule has 1 aromatic rings. The quantitative estimate of drug-likeness (QED) is 0.516. The Hall–Kier alpha value is -0.600. The first kappa shape index (κ1) is 5.10. The maximum atomic E-state index is 5.58. The van der Waals surface area contributed by atoms with Gasteiger partial charge in [-0.25, -0.2) is 0 Å². The Bertz CT molecular complexity index is 273. The first-order valence-electron chi connectivity index (χ1n) is 3.35. The molecule has 50 valence electrons. The number of hydrogen-bond donors (Lipinski definition) is 0. The van der Waals surface area contributed by atoms with Crippen molar-refractivity contribution < 1.29 is 4.74 Å². The van der Waals surface area contributed by atoms with Crippen molar-refractivity contribution in [3.8, 4) is 0 Å². The fraction of sp³-hybridized carbons (Fsp3) is 0.250. The van der Waals surface area contributed by atoms with Crippen LogP contribution in [0.1, 0.15) is 23.3 Å². The Morgan fingerprint density at radius 1 is 1.10 bits per heavy atom. The van der Waals surface area contributed by atoms with Gasteiger partial charge in [0.2, 0.25) is 0 Å². The first-order valence-corrected chi connectivity index (χ1v) is 4.29. The summed E-state index contributed by atoms with van der Waals surface area (Å²) in [5.41, 5.74) is 2.77. The fourth-order valence-electron chi connectivity index (χ4n) is 1.58. The molecule has 0 radical (unpaired) electrons. The average Bonchev–Trinajstić information content (AvgIpc) is 2.60. The van der Waals surface area contributed by atoms with E-state index in [0.717, 1.165) is 0 Å². The Kier molecular flexibility index (Phi) is 0.775. The van der Waals surface area contributed by atoms with Gasteiger partial charge in [-0.2, -0.15) is 11.3 Å². The van der Waals surface area contributed by atoms with Gasteiger partial charge in [0.05, 0.1) is 0 Å². The van der Waals surface area contributed by atoms with Crippen molar-refractivity contribution >= 4 is 11.3 Å². The zero-order chi connectivity index (χ0) is 6.55. The molecule has 2 heteroatoms. The highest BCUT2D eigenvalue weighted by molar-refractivity contribution is 7.08. The van der Waals surface area contributed by atoms with Gasteiger partial charge < -0.3 is 4.74 Å². The summed E-state index contributed by atoms with van der Waals surface area (Å²) < 4.78 is 5.58. The maximum absolute atomic E-state index is 5.58. The lowest BCUT2D eigenvalue weighted by molar-refractivity contribution is 0.0878. The van der Waals surface area contributed by atoms with Crippen LogP contribution < -0.4 is 0 Å². The zero-order valence-corrected chi connectivity index (χ0v) is 6.10. The molecule has 0 aromatic carbocycles. The second kappa shape index (κ2) is 1.52. The van der Waals surface area contributed by atoms with Crippen LogP contribution in [0.15, 0.2) is 22.9 Å². The van der Waals surface area contributed by atoms with Crippen molar-refractivity contribution in [2.45, 2.75) is 12.2 Å². The summed E-state index contributed by atoms with van der Waals surface area (Å²) in [6.07, 6.45) is 4.84. The maximum Gasteiger partial charge on any atom is 0.103 e. The Balaban J connectivity index is 2.30. The molecule has 0 aliphatic carbocycles. The number of rotatable bonds is 0. The van der Waals surface area contributed by atoms with Crippen molar-refractivity contribution in [2.75, 3.05) is 0 Å². The number of thiophene rings is 1. The van der Waals surface area contributed by atoms with E-state index in [9.17, 15) is 0 Å². The van der Waals surface area contributed by atoms with E-state index in [2.05, 4.69) is 22.9 Å². The van der Waals surface area contributed by atoms with Crippen LogP contribution in [0.4, 0.5) is 0 Å². The standard InChI is InChI=1S/C8H6OS/c1-2-8-6-4-10-3-5(6)7(1)9-8/h1-4,7-8H/t7-,8+. The van der Waals surface area contributed by atoms with Crippen LogP contribution in [-0.2, 0) is 4.74 Å². The van der Waals surface area contributed by atoms with Crippen molar-refractivity contribution in [3.63, 3.8) is 0 Å². The van der Waals surface area contributed by atoms with E-state index in [1.807, 2.05) is 0 Å². The third-order valence-corrected chi connectivity index (χ3v) is 2.87. The van der Waals surface area contributed by atoms with Gasteiger partial charge in [-0.3, -0.25) is 0 Å². The lowest BCUT2D eigenvalue weighted by Gasteiger charge is -1.97. The van der Waals surface area contributed by atoms with Crippen LogP contribution >= 0.6 is 11.3 Å². The minimum Gasteiger partial charge on any atom is -0.357 e. The molecule has 0 spiro atoms. The van der Waals surface area contributed by atoms with Gasteiger partial charge in [0.1, 0.15) is 12.2 Å². The van der Waals surface area contributed by atoms with Crippen molar-refractivity contribution in [1.82, 2.24) is 0 Å². The molecule has 0 unspecified atom stereocenters. The minimum atomic E-state index is 0.284. The monoisotopic (exact) mass is 150 g/mol. The fourth-order valence-corrected chi connectivity index (χ4v) is 2.49. The molecule has 2 atom stereocenters. The third-order valence-electron chi connectivity index (χ3n) is 2.09. The molecule has 3 rings (SSSR count). The average molecular weight is 150 g/mol. The Morgan fingerprint density at radius 3 is 2.30 bits per heavy atom. The van der Waals surface area contributed by atoms with E-state index in [-0.39, 0.29) is 12.2 Å². The third kappa shape index (κ3) is 0.435. The largest absolute Gasteiger partial charge is 0.357 e. The van der Waals surface area contributed by atoms with E-state index < -0.39 is 0 Å². The van der Waals surface area contributed by atoms with Crippen molar-refractivity contribution in [3.05, 3.63) is 34.0 Å². The molecule has 2 aliphatic rings. The topological polar surface area (TPSA) is 9.23 Å². The minimum absolute atomic E-state index is 0.284. The Morgan fingerprint density at radius 2 is 1.70 bits per heavy atom. The molecule has 1 nitrogen and oxygen atoms in total. The van der Waals surface area contributed by atoms with E-state index in [0.29, 0.717) is 0 Å². The zero-order valence-electron chi connectivity index (χ0n) is 5.28. The van der Waals surface area contributed by atoms with Gasteiger partial charge in [0, 0.05) is 11.1 Å². The number of ether oxygens (including phenoxy) is 1. The normalized spacial score (nSPS) is 33.2. The van der Waals surface area contributed by atoms with Gasteiger partial charge in [-0.15, -0.1) is 0 Å². The van der Waals surface area contributed by atoms with Crippen LogP contribution in [0.3, 0.4) is 0 Å². The molecule has 0 saturated carbocycles. The van der Waals surface area contributed by atoms with Crippen LogP contribution in [0.5, 0.6) is 0 Å². The van der Waals surface area contributed by atoms with Crippen molar-refractivity contribution in [1.29, 1.82) is 0 Å². The van der Waals surface area contributed by atoms with E-state index in [1.165, 1.54) is 11.1 Å². The highest BCUT2D eigenvalue weighted by Crippen LogP contribution is 2.47. The lowest BCUT2D eigenvalue weighted by Crippen LogP contribution is -1.85. The summed E-state index contributed by atoms with van der Waals surface area (Å²) in [7, 11) is 0.